The van der Waals surface area contributed by atoms with Crippen LogP contribution in [0.1, 0.15) is 32.6 Å². The molecule has 0 radical (unpaired) electrons. The lowest BCUT2D eigenvalue weighted by Gasteiger charge is -2.28. The predicted octanol–water partition coefficient (Wildman–Crippen LogP) is 4.30. The first kappa shape index (κ1) is 20.3. The quantitative estimate of drug-likeness (QED) is 0.684. The van der Waals surface area contributed by atoms with E-state index < -0.39 is 10.0 Å². The number of benzene rings is 3. The van der Waals surface area contributed by atoms with Crippen LogP contribution in [0.3, 0.4) is 0 Å². The van der Waals surface area contributed by atoms with Gasteiger partial charge >= 0.3 is 0 Å². The van der Waals surface area contributed by atoms with Crippen molar-refractivity contribution in [3.05, 3.63) is 94.5 Å². The molecule has 3 aromatic carbocycles. The van der Waals surface area contributed by atoms with E-state index >= 15 is 0 Å². The molecule has 0 aliphatic carbocycles. The predicted molar refractivity (Wildman–Crippen MR) is 118 cm³/mol. The van der Waals surface area contributed by atoms with Gasteiger partial charge in [0, 0.05) is 24.3 Å². The van der Waals surface area contributed by atoms with E-state index in [1.54, 1.807) is 12.1 Å². The zero-order chi connectivity index (χ0) is 21.3. The summed E-state index contributed by atoms with van der Waals surface area (Å²) in [7, 11) is -3.62. The number of hydrogen-bond acceptors (Lipinski definition) is 3. The first-order valence-electron chi connectivity index (χ1n) is 9.91. The number of carbonyl (C=O) groups excluding carboxylic acids is 1. The SMILES string of the molecule is Cc1cccc(NC(=O)c2ccc(S(=O)(=O)N3CCc4ccccc4C3)cc2)c1C. The smallest absolute Gasteiger partial charge is 0.255 e. The van der Waals surface area contributed by atoms with Gasteiger partial charge < -0.3 is 5.32 Å². The number of sulfonamides is 1. The molecule has 0 spiro atoms. The molecule has 1 aliphatic heterocycles. The van der Waals surface area contributed by atoms with E-state index in [1.807, 2.05) is 56.3 Å². The maximum atomic E-state index is 13.1. The third kappa shape index (κ3) is 3.88. The molecular formula is C24H24N2O3S. The zero-order valence-electron chi connectivity index (χ0n) is 17.1. The Balaban J connectivity index is 1.51. The van der Waals surface area contributed by atoms with Gasteiger partial charge in [-0.2, -0.15) is 4.31 Å². The lowest BCUT2D eigenvalue weighted by atomic mass is 10.0. The van der Waals surface area contributed by atoms with Crippen molar-refractivity contribution in [1.29, 1.82) is 0 Å². The Morgan fingerprint density at radius 1 is 0.900 bits per heavy atom. The van der Waals surface area contributed by atoms with Crippen molar-refractivity contribution in [2.24, 2.45) is 0 Å². The molecule has 0 aromatic heterocycles. The van der Waals surface area contributed by atoms with Gasteiger partial charge in [-0.25, -0.2) is 8.42 Å². The van der Waals surface area contributed by atoms with Crippen molar-refractivity contribution in [2.75, 3.05) is 11.9 Å². The van der Waals surface area contributed by atoms with Gasteiger partial charge in [-0.15, -0.1) is 0 Å². The van der Waals surface area contributed by atoms with Crippen molar-refractivity contribution < 1.29 is 13.2 Å². The molecule has 0 saturated carbocycles. The van der Waals surface area contributed by atoms with E-state index in [-0.39, 0.29) is 10.8 Å². The molecule has 6 heteroatoms. The molecule has 30 heavy (non-hydrogen) atoms. The molecular weight excluding hydrogens is 396 g/mol. The van der Waals surface area contributed by atoms with Crippen molar-refractivity contribution in [3.63, 3.8) is 0 Å². The summed E-state index contributed by atoms with van der Waals surface area (Å²) in [5, 5.41) is 2.90. The maximum Gasteiger partial charge on any atom is 0.255 e. The van der Waals surface area contributed by atoms with E-state index in [0.29, 0.717) is 25.1 Å². The second-order valence-electron chi connectivity index (χ2n) is 7.58. The number of rotatable bonds is 4. The Morgan fingerprint density at radius 2 is 1.60 bits per heavy atom. The number of nitrogens with one attached hydrogen (secondary N) is 1. The summed E-state index contributed by atoms with van der Waals surface area (Å²) in [6.07, 6.45) is 0.700. The standard InChI is InChI=1S/C24H24N2O3S/c1-17-6-5-9-23(18(17)2)25-24(27)20-10-12-22(13-11-20)30(28,29)26-15-14-19-7-3-4-8-21(19)16-26/h3-13H,14-16H2,1-2H3,(H,25,27). The topological polar surface area (TPSA) is 66.5 Å². The summed E-state index contributed by atoms with van der Waals surface area (Å²) in [5.41, 5.74) is 5.51. The van der Waals surface area contributed by atoms with Crippen molar-refractivity contribution in [3.8, 4) is 0 Å². The molecule has 0 fully saturated rings. The highest BCUT2D eigenvalue weighted by molar-refractivity contribution is 7.89. The highest BCUT2D eigenvalue weighted by atomic mass is 32.2. The highest BCUT2D eigenvalue weighted by Gasteiger charge is 2.28. The average molecular weight is 421 g/mol. The van der Waals surface area contributed by atoms with Crippen LogP contribution >= 0.6 is 0 Å². The van der Waals surface area contributed by atoms with E-state index in [2.05, 4.69) is 5.32 Å². The van der Waals surface area contributed by atoms with Crippen LogP contribution in [0, 0.1) is 13.8 Å². The van der Waals surface area contributed by atoms with Gasteiger partial charge in [0.1, 0.15) is 0 Å². The fourth-order valence-electron chi connectivity index (χ4n) is 3.68. The van der Waals surface area contributed by atoms with Crippen LogP contribution in [0.15, 0.2) is 71.6 Å². The van der Waals surface area contributed by atoms with Crippen molar-refractivity contribution >= 4 is 21.6 Å². The van der Waals surface area contributed by atoms with E-state index in [9.17, 15) is 13.2 Å². The molecule has 1 N–H and O–H groups in total. The summed E-state index contributed by atoms with van der Waals surface area (Å²) in [6.45, 7) is 4.77. The third-order valence-corrected chi connectivity index (χ3v) is 7.56. The Bertz CT molecular complexity index is 1200. The van der Waals surface area contributed by atoms with Crippen molar-refractivity contribution in [2.45, 2.75) is 31.7 Å². The van der Waals surface area contributed by atoms with Crippen LogP contribution in [-0.2, 0) is 23.0 Å². The molecule has 1 heterocycles. The van der Waals surface area contributed by atoms with Crippen LogP contribution in [0.5, 0.6) is 0 Å². The molecule has 1 aliphatic rings. The van der Waals surface area contributed by atoms with E-state index in [1.165, 1.54) is 22.0 Å². The molecule has 5 nitrogen and oxygen atoms in total. The summed E-state index contributed by atoms with van der Waals surface area (Å²) >= 11 is 0. The average Bonchev–Trinajstić information content (AvgIpc) is 2.76. The number of anilines is 1. The fraction of sp³-hybridized carbons (Fsp3) is 0.208. The van der Waals surface area contributed by atoms with Crippen LogP contribution in [0.4, 0.5) is 5.69 Å². The molecule has 3 aromatic rings. The molecule has 0 bridgehead atoms. The monoisotopic (exact) mass is 420 g/mol. The largest absolute Gasteiger partial charge is 0.322 e. The number of hydrogen-bond donors (Lipinski definition) is 1. The first-order chi connectivity index (χ1) is 14.4. The Hall–Kier alpha value is -2.96. The summed E-state index contributed by atoms with van der Waals surface area (Å²) in [4.78, 5) is 12.8. The molecule has 1 amide bonds. The summed E-state index contributed by atoms with van der Waals surface area (Å²) in [6, 6.07) is 19.8. The number of aryl methyl sites for hydroxylation is 1. The molecule has 154 valence electrons. The molecule has 4 rings (SSSR count). The minimum absolute atomic E-state index is 0.199. The first-order valence-corrected chi connectivity index (χ1v) is 11.3. The Labute approximate surface area is 177 Å². The third-order valence-electron chi connectivity index (χ3n) is 5.70. The normalized spacial score (nSPS) is 14.2. The lowest BCUT2D eigenvalue weighted by molar-refractivity contribution is 0.102. The van der Waals surface area contributed by atoms with Crippen molar-refractivity contribution in [1.82, 2.24) is 4.31 Å². The van der Waals surface area contributed by atoms with Crippen LogP contribution in [0.25, 0.3) is 0 Å². The minimum Gasteiger partial charge on any atom is -0.322 e. The van der Waals surface area contributed by atoms with E-state index in [4.69, 9.17) is 0 Å². The van der Waals surface area contributed by atoms with Gasteiger partial charge in [0.25, 0.3) is 5.91 Å². The van der Waals surface area contributed by atoms with Gasteiger partial charge in [0.15, 0.2) is 0 Å². The molecule has 0 saturated heterocycles. The van der Waals surface area contributed by atoms with Gasteiger partial charge in [0.05, 0.1) is 4.90 Å². The molecule has 0 atom stereocenters. The maximum absolute atomic E-state index is 13.1. The van der Waals surface area contributed by atoms with Gasteiger partial charge in [-0.3, -0.25) is 4.79 Å². The highest BCUT2D eigenvalue weighted by Crippen LogP contribution is 2.25. The second-order valence-corrected chi connectivity index (χ2v) is 9.52. The summed E-state index contributed by atoms with van der Waals surface area (Å²) < 4.78 is 27.7. The van der Waals surface area contributed by atoms with Gasteiger partial charge in [0.2, 0.25) is 10.0 Å². The fourth-order valence-corrected chi connectivity index (χ4v) is 5.10. The van der Waals surface area contributed by atoms with Gasteiger partial charge in [-0.05, 0) is 72.9 Å². The lowest BCUT2D eigenvalue weighted by Crippen LogP contribution is -2.35. The summed E-state index contributed by atoms with van der Waals surface area (Å²) in [5.74, 6) is -0.264. The van der Waals surface area contributed by atoms with Gasteiger partial charge in [-0.1, -0.05) is 36.4 Å². The number of fused-ring (bicyclic) bond motifs is 1. The minimum atomic E-state index is -3.62. The zero-order valence-corrected chi connectivity index (χ0v) is 17.9. The second kappa shape index (κ2) is 8.05. The van der Waals surface area contributed by atoms with Crippen LogP contribution < -0.4 is 5.32 Å². The van der Waals surface area contributed by atoms with Crippen LogP contribution in [-0.4, -0.2) is 25.2 Å². The number of amides is 1. The Kier molecular flexibility index (Phi) is 5.45. The van der Waals surface area contributed by atoms with E-state index in [0.717, 1.165) is 22.4 Å². The molecule has 0 unspecified atom stereocenters. The van der Waals surface area contributed by atoms with Crippen LogP contribution in [0.2, 0.25) is 0 Å². The number of nitrogens with zero attached hydrogens (tertiary/aromatic N) is 1. The Morgan fingerprint density at radius 3 is 2.33 bits per heavy atom. The number of carbonyl (C=O) groups is 1.